The van der Waals surface area contributed by atoms with Crippen LogP contribution in [0.15, 0.2) is 24.3 Å². The van der Waals surface area contributed by atoms with Gasteiger partial charge in [0.25, 0.3) is 5.91 Å². The molecule has 132 valence electrons. The van der Waals surface area contributed by atoms with Gasteiger partial charge in [-0.3, -0.25) is 14.5 Å². The number of likely N-dealkylation sites (tertiary alicyclic amines) is 1. The van der Waals surface area contributed by atoms with E-state index in [2.05, 4.69) is 24.1 Å². The molecule has 1 aromatic rings. The van der Waals surface area contributed by atoms with Crippen molar-refractivity contribution in [3.8, 4) is 0 Å². The summed E-state index contributed by atoms with van der Waals surface area (Å²) in [5, 5.41) is 2.81. The highest BCUT2D eigenvalue weighted by atomic mass is 16.2. The van der Waals surface area contributed by atoms with Crippen LogP contribution in [0.3, 0.4) is 0 Å². The molecule has 24 heavy (non-hydrogen) atoms. The number of rotatable bonds is 7. The van der Waals surface area contributed by atoms with Gasteiger partial charge in [-0.2, -0.15) is 0 Å². The van der Waals surface area contributed by atoms with Crippen LogP contribution in [0.2, 0.25) is 0 Å². The lowest BCUT2D eigenvalue weighted by Crippen LogP contribution is -2.45. The Hall–Kier alpha value is -1.88. The molecule has 1 fully saturated rings. The summed E-state index contributed by atoms with van der Waals surface area (Å²) in [6, 6.07) is 7.16. The minimum atomic E-state index is -0.481. The second-order valence-electron chi connectivity index (χ2n) is 6.39. The lowest BCUT2D eigenvalue weighted by molar-refractivity contribution is -0.131. The molecule has 1 heterocycles. The van der Waals surface area contributed by atoms with Crippen LogP contribution in [0.1, 0.15) is 49.5 Å². The predicted octanol–water partition coefficient (Wildman–Crippen LogP) is 2.27. The molecule has 5 heteroatoms. The first-order chi connectivity index (χ1) is 11.5. The minimum Gasteiger partial charge on any atom is -0.341 e. The summed E-state index contributed by atoms with van der Waals surface area (Å²) in [5.74, 6) is -0.177. The summed E-state index contributed by atoms with van der Waals surface area (Å²) in [4.78, 5) is 28.7. The number of carbonyl (C=O) groups excluding carboxylic acids is 2. The number of hydrogen-bond acceptors (Lipinski definition) is 3. The minimum absolute atomic E-state index is 0.0130. The molecule has 0 bridgehead atoms. The van der Waals surface area contributed by atoms with E-state index in [4.69, 9.17) is 0 Å². The van der Waals surface area contributed by atoms with Crippen molar-refractivity contribution >= 4 is 11.8 Å². The van der Waals surface area contributed by atoms with Crippen LogP contribution in [0, 0.1) is 0 Å². The van der Waals surface area contributed by atoms with Gasteiger partial charge in [0.05, 0.1) is 0 Å². The average Bonchev–Trinajstić information content (AvgIpc) is 3.13. The Labute approximate surface area is 145 Å². The molecule has 2 rings (SSSR count). The van der Waals surface area contributed by atoms with Crippen molar-refractivity contribution in [3.63, 3.8) is 0 Å². The van der Waals surface area contributed by atoms with Crippen molar-refractivity contribution < 1.29 is 9.59 Å². The molecule has 1 saturated heterocycles. The maximum atomic E-state index is 12.3. The second-order valence-corrected chi connectivity index (χ2v) is 6.39. The first kappa shape index (κ1) is 18.5. The Balaban J connectivity index is 1.90. The summed E-state index contributed by atoms with van der Waals surface area (Å²) in [7, 11) is 0. The van der Waals surface area contributed by atoms with Crippen LogP contribution in [-0.2, 0) is 11.3 Å². The number of amides is 2. The first-order valence-electron chi connectivity index (χ1n) is 8.96. The van der Waals surface area contributed by atoms with Crippen LogP contribution in [0.4, 0.5) is 0 Å². The van der Waals surface area contributed by atoms with Gasteiger partial charge in [0, 0.05) is 25.2 Å². The van der Waals surface area contributed by atoms with Crippen LogP contribution in [0.25, 0.3) is 0 Å². The van der Waals surface area contributed by atoms with E-state index in [0.29, 0.717) is 5.56 Å². The lowest BCUT2D eigenvalue weighted by atomic mass is 10.1. The topological polar surface area (TPSA) is 52.7 Å². The quantitative estimate of drug-likeness (QED) is 0.834. The Morgan fingerprint density at radius 3 is 2.25 bits per heavy atom. The summed E-state index contributed by atoms with van der Waals surface area (Å²) in [6.45, 7) is 10.6. The highest BCUT2D eigenvalue weighted by molar-refractivity contribution is 5.97. The van der Waals surface area contributed by atoms with Crippen molar-refractivity contribution in [2.45, 2.75) is 46.2 Å². The molecule has 1 aliphatic rings. The van der Waals surface area contributed by atoms with E-state index in [1.165, 1.54) is 5.56 Å². The SMILES string of the molecule is CCN(CC)Cc1ccc(C(=O)N[C@@H](C)C(=O)N2CCCC2)cc1. The Morgan fingerprint density at radius 2 is 1.71 bits per heavy atom. The first-order valence-corrected chi connectivity index (χ1v) is 8.96. The zero-order valence-corrected chi connectivity index (χ0v) is 15.0. The average molecular weight is 331 g/mol. The third kappa shape index (κ3) is 4.81. The lowest BCUT2D eigenvalue weighted by Gasteiger charge is -2.21. The van der Waals surface area contributed by atoms with Gasteiger partial charge >= 0.3 is 0 Å². The molecular weight excluding hydrogens is 302 g/mol. The summed E-state index contributed by atoms with van der Waals surface area (Å²) in [6.07, 6.45) is 2.11. The van der Waals surface area contributed by atoms with E-state index in [1.807, 2.05) is 29.2 Å². The van der Waals surface area contributed by atoms with Crippen LogP contribution in [0.5, 0.6) is 0 Å². The molecule has 0 spiro atoms. The molecular formula is C19H29N3O2. The van der Waals surface area contributed by atoms with Crippen molar-refractivity contribution in [1.82, 2.24) is 15.1 Å². The molecule has 0 unspecified atom stereocenters. The van der Waals surface area contributed by atoms with Gasteiger partial charge in [-0.15, -0.1) is 0 Å². The van der Waals surface area contributed by atoms with Gasteiger partial charge in [-0.1, -0.05) is 26.0 Å². The van der Waals surface area contributed by atoms with Gasteiger partial charge < -0.3 is 10.2 Å². The third-order valence-electron chi connectivity index (χ3n) is 4.65. The Morgan fingerprint density at radius 1 is 1.12 bits per heavy atom. The van der Waals surface area contributed by atoms with Gasteiger partial charge in [-0.05, 0) is 50.6 Å². The van der Waals surface area contributed by atoms with Crippen LogP contribution in [-0.4, -0.2) is 53.8 Å². The van der Waals surface area contributed by atoms with E-state index in [9.17, 15) is 9.59 Å². The van der Waals surface area contributed by atoms with Crippen molar-refractivity contribution in [1.29, 1.82) is 0 Å². The van der Waals surface area contributed by atoms with Crippen LogP contribution >= 0.6 is 0 Å². The molecule has 2 amide bonds. The largest absolute Gasteiger partial charge is 0.341 e. The van der Waals surface area contributed by atoms with Gasteiger partial charge in [0.1, 0.15) is 6.04 Å². The highest BCUT2D eigenvalue weighted by Crippen LogP contribution is 2.11. The smallest absolute Gasteiger partial charge is 0.251 e. The summed E-state index contributed by atoms with van der Waals surface area (Å²) < 4.78 is 0. The molecule has 1 aliphatic heterocycles. The third-order valence-corrected chi connectivity index (χ3v) is 4.65. The molecule has 1 atom stereocenters. The van der Waals surface area contributed by atoms with Gasteiger partial charge in [0.2, 0.25) is 5.91 Å². The second kappa shape index (κ2) is 8.83. The highest BCUT2D eigenvalue weighted by Gasteiger charge is 2.24. The van der Waals surface area contributed by atoms with Gasteiger partial charge in [0.15, 0.2) is 0 Å². The van der Waals surface area contributed by atoms with E-state index in [0.717, 1.165) is 45.6 Å². The Bertz CT molecular complexity index is 546. The zero-order valence-electron chi connectivity index (χ0n) is 15.0. The number of carbonyl (C=O) groups is 2. The fourth-order valence-corrected chi connectivity index (χ4v) is 3.02. The fraction of sp³-hybridized carbons (Fsp3) is 0.579. The maximum Gasteiger partial charge on any atom is 0.251 e. The summed E-state index contributed by atoms with van der Waals surface area (Å²) in [5.41, 5.74) is 1.79. The van der Waals surface area contributed by atoms with Crippen molar-refractivity contribution in [3.05, 3.63) is 35.4 Å². The van der Waals surface area contributed by atoms with Crippen molar-refractivity contribution in [2.24, 2.45) is 0 Å². The maximum absolute atomic E-state index is 12.3. The van der Waals surface area contributed by atoms with E-state index >= 15 is 0 Å². The monoisotopic (exact) mass is 331 g/mol. The predicted molar refractivity (Wildman–Crippen MR) is 95.8 cm³/mol. The fourth-order valence-electron chi connectivity index (χ4n) is 3.02. The van der Waals surface area contributed by atoms with E-state index in [1.54, 1.807) is 6.92 Å². The number of hydrogen-bond donors (Lipinski definition) is 1. The van der Waals surface area contributed by atoms with Crippen LogP contribution < -0.4 is 5.32 Å². The number of benzene rings is 1. The molecule has 1 aromatic carbocycles. The number of nitrogens with one attached hydrogen (secondary N) is 1. The zero-order chi connectivity index (χ0) is 17.5. The van der Waals surface area contributed by atoms with E-state index < -0.39 is 6.04 Å². The molecule has 1 N–H and O–H groups in total. The molecule has 0 radical (unpaired) electrons. The van der Waals surface area contributed by atoms with Gasteiger partial charge in [-0.25, -0.2) is 0 Å². The number of nitrogens with zero attached hydrogens (tertiary/aromatic N) is 2. The van der Waals surface area contributed by atoms with E-state index in [-0.39, 0.29) is 11.8 Å². The normalized spacial score (nSPS) is 15.6. The molecule has 0 aliphatic carbocycles. The Kier molecular flexibility index (Phi) is 6.79. The molecule has 5 nitrogen and oxygen atoms in total. The standard InChI is InChI=1S/C19H29N3O2/c1-4-21(5-2)14-16-8-10-17(11-9-16)18(23)20-15(3)19(24)22-12-6-7-13-22/h8-11,15H,4-7,12-14H2,1-3H3,(H,20,23)/t15-/m0/s1. The molecule has 0 aromatic heterocycles. The molecule has 0 saturated carbocycles. The van der Waals surface area contributed by atoms with Crippen molar-refractivity contribution in [2.75, 3.05) is 26.2 Å². The summed E-state index contributed by atoms with van der Waals surface area (Å²) >= 11 is 0.